The molecule has 2 aromatic rings. The summed E-state index contributed by atoms with van der Waals surface area (Å²) in [5.41, 5.74) is 0.630. The van der Waals surface area contributed by atoms with Crippen molar-refractivity contribution in [2.24, 2.45) is 5.92 Å². The van der Waals surface area contributed by atoms with Crippen molar-refractivity contribution in [1.29, 1.82) is 0 Å². The quantitative estimate of drug-likeness (QED) is 0.769. The molecular formula is C17H22N4O2. The second-order valence-corrected chi connectivity index (χ2v) is 5.86. The number of aromatic amines is 1. The third kappa shape index (κ3) is 4.74. The number of amides is 1. The third-order valence-electron chi connectivity index (χ3n) is 3.55. The summed E-state index contributed by atoms with van der Waals surface area (Å²) in [7, 11) is 0. The van der Waals surface area contributed by atoms with Gasteiger partial charge in [0.1, 0.15) is 5.82 Å². The zero-order chi connectivity index (χ0) is 16.8. The van der Waals surface area contributed by atoms with Crippen LogP contribution < -0.4 is 5.32 Å². The van der Waals surface area contributed by atoms with Gasteiger partial charge in [-0.05, 0) is 12.8 Å². The number of nitrogens with one attached hydrogen (secondary N) is 2. The fourth-order valence-electron chi connectivity index (χ4n) is 2.27. The molecule has 6 heteroatoms. The van der Waals surface area contributed by atoms with Gasteiger partial charge in [0.25, 0.3) is 0 Å². The van der Waals surface area contributed by atoms with Crippen LogP contribution >= 0.6 is 0 Å². The minimum absolute atomic E-state index is 0.0319. The van der Waals surface area contributed by atoms with Crippen LogP contribution in [0.4, 0.5) is 0 Å². The van der Waals surface area contributed by atoms with E-state index in [4.69, 9.17) is 0 Å². The Bertz CT molecular complexity index is 664. The molecule has 1 atom stereocenters. The first-order valence-corrected chi connectivity index (χ1v) is 7.74. The van der Waals surface area contributed by atoms with Gasteiger partial charge in [-0.15, -0.1) is 0 Å². The number of aryl methyl sites for hydroxylation is 1. The number of rotatable bonds is 7. The molecule has 0 saturated carbocycles. The number of Topliss-reactive ketones (excluding diaryl/α,β-unsaturated/α-hetero) is 1. The molecular weight excluding hydrogens is 292 g/mol. The maximum Gasteiger partial charge on any atom is 0.221 e. The summed E-state index contributed by atoms with van der Waals surface area (Å²) in [6, 6.07) is 8.73. The van der Waals surface area contributed by atoms with Crippen molar-refractivity contribution in [2.75, 3.05) is 0 Å². The van der Waals surface area contributed by atoms with E-state index in [9.17, 15) is 9.59 Å². The Labute approximate surface area is 135 Å². The highest BCUT2D eigenvalue weighted by atomic mass is 16.2. The summed E-state index contributed by atoms with van der Waals surface area (Å²) < 4.78 is 0. The predicted molar refractivity (Wildman–Crippen MR) is 86.8 cm³/mol. The molecule has 0 bridgehead atoms. The minimum atomic E-state index is -0.265. The summed E-state index contributed by atoms with van der Waals surface area (Å²) in [5, 5.41) is 9.81. The molecule has 2 N–H and O–H groups in total. The van der Waals surface area contributed by atoms with Gasteiger partial charge in [0.05, 0.1) is 6.04 Å². The van der Waals surface area contributed by atoms with E-state index in [1.165, 1.54) is 0 Å². The van der Waals surface area contributed by atoms with E-state index in [2.05, 4.69) is 20.5 Å². The monoisotopic (exact) mass is 314 g/mol. The lowest BCUT2D eigenvalue weighted by Crippen LogP contribution is -2.32. The molecule has 2 rings (SSSR count). The number of carbonyl (C=O) groups excluding carboxylic acids is 2. The molecule has 1 aromatic carbocycles. The number of carbonyl (C=O) groups is 2. The molecule has 23 heavy (non-hydrogen) atoms. The van der Waals surface area contributed by atoms with Gasteiger partial charge < -0.3 is 5.32 Å². The summed E-state index contributed by atoms with van der Waals surface area (Å²) in [4.78, 5) is 28.5. The van der Waals surface area contributed by atoms with Crippen LogP contribution in [0, 0.1) is 12.8 Å². The van der Waals surface area contributed by atoms with Gasteiger partial charge in [-0.25, -0.2) is 4.98 Å². The van der Waals surface area contributed by atoms with Crippen LogP contribution in [-0.2, 0) is 4.79 Å². The van der Waals surface area contributed by atoms with E-state index in [0.29, 0.717) is 17.2 Å². The molecule has 0 saturated heterocycles. The van der Waals surface area contributed by atoms with E-state index in [0.717, 1.165) is 0 Å². The Morgan fingerprint density at radius 2 is 1.87 bits per heavy atom. The average molecular weight is 314 g/mol. The third-order valence-corrected chi connectivity index (χ3v) is 3.55. The predicted octanol–water partition coefficient (Wildman–Crippen LogP) is 2.59. The molecule has 0 spiro atoms. The first-order valence-electron chi connectivity index (χ1n) is 7.74. The van der Waals surface area contributed by atoms with Crippen molar-refractivity contribution in [3.8, 4) is 0 Å². The summed E-state index contributed by atoms with van der Waals surface area (Å²) in [6.07, 6.45) is 0.341. The van der Waals surface area contributed by atoms with Crippen molar-refractivity contribution in [3.63, 3.8) is 0 Å². The lowest BCUT2D eigenvalue weighted by atomic mass is 10.0. The standard InChI is InChI=1S/C17H22N4O2/c1-11(2)16(17-18-12(3)20-21-17)19-15(23)10-9-14(22)13-7-5-4-6-8-13/h4-8,11,16H,9-10H2,1-3H3,(H,19,23)(H,18,20,21)/t16-/m1/s1. The molecule has 0 aliphatic heterocycles. The van der Waals surface area contributed by atoms with E-state index in [1.807, 2.05) is 39.0 Å². The minimum Gasteiger partial charge on any atom is -0.346 e. The van der Waals surface area contributed by atoms with Gasteiger partial charge >= 0.3 is 0 Å². The van der Waals surface area contributed by atoms with Crippen molar-refractivity contribution >= 4 is 11.7 Å². The van der Waals surface area contributed by atoms with Crippen LogP contribution in [0.5, 0.6) is 0 Å². The fraction of sp³-hybridized carbons (Fsp3) is 0.412. The normalized spacial score (nSPS) is 12.2. The molecule has 0 aliphatic rings. The van der Waals surface area contributed by atoms with E-state index in [-0.39, 0.29) is 36.5 Å². The smallest absolute Gasteiger partial charge is 0.221 e. The lowest BCUT2D eigenvalue weighted by molar-refractivity contribution is -0.122. The van der Waals surface area contributed by atoms with Gasteiger partial charge in [-0.1, -0.05) is 44.2 Å². The fourth-order valence-corrected chi connectivity index (χ4v) is 2.27. The maximum atomic E-state index is 12.1. The molecule has 0 aliphatic carbocycles. The van der Waals surface area contributed by atoms with Crippen molar-refractivity contribution in [2.45, 2.75) is 39.7 Å². The van der Waals surface area contributed by atoms with Crippen molar-refractivity contribution < 1.29 is 9.59 Å². The molecule has 0 fully saturated rings. The second-order valence-electron chi connectivity index (χ2n) is 5.86. The van der Waals surface area contributed by atoms with Gasteiger partial charge in [0.2, 0.25) is 5.91 Å². The number of hydrogen-bond donors (Lipinski definition) is 2. The Balaban J connectivity index is 1.91. The van der Waals surface area contributed by atoms with Gasteiger partial charge in [-0.2, -0.15) is 5.10 Å². The molecule has 1 amide bonds. The first-order chi connectivity index (χ1) is 11.0. The van der Waals surface area contributed by atoms with Crippen LogP contribution in [0.15, 0.2) is 30.3 Å². The molecule has 0 radical (unpaired) electrons. The average Bonchev–Trinajstić information content (AvgIpc) is 2.97. The number of H-pyrrole nitrogens is 1. The zero-order valence-electron chi connectivity index (χ0n) is 13.7. The van der Waals surface area contributed by atoms with Crippen LogP contribution in [0.3, 0.4) is 0 Å². The first kappa shape index (κ1) is 16.9. The number of benzene rings is 1. The summed E-state index contributed by atoms with van der Waals surface area (Å²) >= 11 is 0. The lowest BCUT2D eigenvalue weighted by Gasteiger charge is -2.19. The number of ketones is 1. The van der Waals surface area contributed by atoms with Crippen LogP contribution in [0.25, 0.3) is 0 Å². The van der Waals surface area contributed by atoms with Crippen LogP contribution in [0.1, 0.15) is 54.7 Å². The Morgan fingerprint density at radius 3 is 2.43 bits per heavy atom. The summed E-state index contributed by atoms with van der Waals surface area (Å²) in [5.74, 6) is 1.23. The molecule has 1 heterocycles. The molecule has 122 valence electrons. The summed E-state index contributed by atoms with van der Waals surface area (Å²) in [6.45, 7) is 5.80. The zero-order valence-corrected chi connectivity index (χ0v) is 13.7. The van der Waals surface area contributed by atoms with E-state index >= 15 is 0 Å². The highest BCUT2D eigenvalue weighted by molar-refractivity contribution is 5.97. The molecule has 6 nitrogen and oxygen atoms in total. The Hall–Kier alpha value is -2.50. The van der Waals surface area contributed by atoms with Gasteiger partial charge in [-0.3, -0.25) is 14.7 Å². The SMILES string of the molecule is Cc1nc([C@H](NC(=O)CCC(=O)c2ccccc2)C(C)C)n[nH]1. The highest BCUT2D eigenvalue weighted by Crippen LogP contribution is 2.18. The Morgan fingerprint density at radius 1 is 1.17 bits per heavy atom. The molecule has 0 unspecified atom stereocenters. The number of aromatic nitrogens is 3. The van der Waals surface area contributed by atoms with Gasteiger partial charge in [0, 0.05) is 18.4 Å². The number of nitrogens with zero attached hydrogens (tertiary/aromatic N) is 2. The topological polar surface area (TPSA) is 87.7 Å². The van der Waals surface area contributed by atoms with Crippen molar-refractivity contribution in [3.05, 3.63) is 47.5 Å². The highest BCUT2D eigenvalue weighted by Gasteiger charge is 2.22. The van der Waals surface area contributed by atoms with E-state index in [1.54, 1.807) is 12.1 Å². The molecule has 1 aromatic heterocycles. The van der Waals surface area contributed by atoms with Crippen LogP contribution in [0.2, 0.25) is 0 Å². The maximum absolute atomic E-state index is 12.1. The Kier molecular flexibility index (Phi) is 5.62. The van der Waals surface area contributed by atoms with Crippen molar-refractivity contribution in [1.82, 2.24) is 20.5 Å². The van der Waals surface area contributed by atoms with Gasteiger partial charge in [0.15, 0.2) is 11.6 Å². The number of hydrogen-bond acceptors (Lipinski definition) is 4. The second kappa shape index (κ2) is 7.67. The van der Waals surface area contributed by atoms with E-state index < -0.39 is 0 Å². The van der Waals surface area contributed by atoms with Crippen LogP contribution in [-0.4, -0.2) is 26.9 Å². The largest absolute Gasteiger partial charge is 0.346 e.